The van der Waals surface area contributed by atoms with Gasteiger partial charge in [-0.3, -0.25) is 4.79 Å². The van der Waals surface area contributed by atoms with Gasteiger partial charge in [0.1, 0.15) is 0 Å². The SMILES string of the molecule is CN1CC2(C1)CN(CC1CCN(c3ccc4c(c3)CN(C)C4=O)CC1)C2. The summed E-state index contributed by atoms with van der Waals surface area (Å²) in [6, 6.07) is 6.41. The van der Waals surface area contributed by atoms with Crippen LogP contribution in [0.5, 0.6) is 0 Å². The summed E-state index contributed by atoms with van der Waals surface area (Å²) in [5.41, 5.74) is 4.03. The summed E-state index contributed by atoms with van der Waals surface area (Å²) in [5, 5.41) is 0. The molecule has 1 spiro atoms. The minimum atomic E-state index is 0.162. The average molecular weight is 354 g/mol. The van der Waals surface area contributed by atoms with Crippen LogP contribution in [0.3, 0.4) is 0 Å². The van der Waals surface area contributed by atoms with Crippen LogP contribution in [0.1, 0.15) is 28.8 Å². The Balaban J connectivity index is 1.13. The van der Waals surface area contributed by atoms with Gasteiger partial charge in [0.2, 0.25) is 0 Å². The number of carbonyl (C=O) groups is 1. The Morgan fingerprint density at radius 1 is 1.08 bits per heavy atom. The Morgan fingerprint density at radius 3 is 2.50 bits per heavy atom. The standard InChI is InChI=1S/C21H30N4O/c1-22-12-21(13-22)14-24(15-21)10-16-5-7-25(8-6-16)18-3-4-19-17(9-18)11-23(2)20(19)26/h3-4,9,16H,5-8,10-15H2,1-2H3. The number of hydrogen-bond acceptors (Lipinski definition) is 4. The molecule has 1 aromatic carbocycles. The fraction of sp³-hybridized carbons (Fsp3) is 0.667. The highest BCUT2D eigenvalue weighted by Gasteiger charge is 2.50. The minimum absolute atomic E-state index is 0.162. The highest BCUT2D eigenvalue weighted by Crippen LogP contribution is 2.39. The summed E-state index contributed by atoms with van der Waals surface area (Å²) in [5.74, 6) is 1.01. The summed E-state index contributed by atoms with van der Waals surface area (Å²) in [7, 11) is 4.12. The van der Waals surface area contributed by atoms with Crippen LogP contribution in [0.25, 0.3) is 0 Å². The van der Waals surface area contributed by atoms with Crippen molar-refractivity contribution in [2.75, 3.05) is 64.8 Å². The third-order valence-corrected chi connectivity index (χ3v) is 6.90. The highest BCUT2D eigenvalue weighted by atomic mass is 16.2. The van der Waals surface area contributed by atoms with Crippen molar-refractivity contribution in [3.8, 4) is 0 Å². The van der Waals surface area contributed by atoms with E-state index in [2.05, 4.69) is 33.9 Å². The summed E-state index contributed by atoms with van der Waals surface area (Å²) >= 11 is 0. The van der Waals surface area contributed by atoms with Crippen LogP contribution in [-0.4, -0.2) is 80.5 Å². The van der Waals surface area contributed by atoms with Crippen molar-refractivity contribution in [2.24, 2.45) is 11.3 Å². The quantitative estimate of drug-likeness (QED) is 0.827. The number of rotatable bonds is 3. The molecule has 0 atom stereocenters. The molecule has 0 aliphatic carbocycles. The van der Waals surface area contributed by atoms with Crippen molar-refractivity contribution in [1.29, 1.82) is 0 Å². The molecule has 3 saturated heterocycles. The van der Waals surface area contributed by atoms with Crippen LogP contribution in [0.2, 0.25) is 0 Å². The lowest BCUT2D eigenvalue weighted by Gasteiger charge is -2.60. The van der Waals surface area contributed by atoms with Crippen molar-refractivity contribution < 1.29 is 4.79 Å². The molecule has 4 aliphatic heterocycles. The third-order valence-electron chi connectivity index (χ3n) is 6.90. The second-order valence-corrected chi connectivity index (χ2v) is 9.28. The third kappa shape index (κ3) is 2.72. The van der Waals surface area contributed by atoms with Crippen LogP contribution in [-0.2, 0) is 6.54 Å². The Kier molecular flexibility index (Phi) is 3.80. The molecule has 1 amide bonds. The molecule has 5 rings (SSSR count). The lowest BCUT2D eigenvalue weighted by molar-refractivity contribution is -0.109. The fourth-order valence-electron chi connectivity index (χ4n) is 5.72. The molecule has 0 bridgehead atoms. The summed E-state index contributed by atoms with van der Waals surface area (Å²) in [6.07, 6.45) is 2.58. The molecule has 1 aromatic rings. The number of nitrogens with zero attached hydrogens (tertiary/aromatic N) is 4. The lowest BCUT2D eigenvalue weighted by atomic mass is 9.72. The van der Waals surface area contributed by atoms with Crippen LogP contribution < -0.4 is 4.90 Å². The second-order valence-electron chi connectivity index (χ2n) is 9.28. The van der Waals surface area contributed by atoms with Crippen molar-refractivity contribution in [2.45, 2.75) is 19.4 Å². The van der Waals surface area contributed by atoms with Gasteiger partial charge in [-0.15, -0.1) is 0 Å². The molecule has 4 aliphatic rings. The predicted octanol–water partition coefficient (Wildman–Crippen LogP) is 1.74. The smallest absolute Gasteiger partial charge is 0.254 e. The first-order valence-corrected chi connectivity index (χ1v) is 10.1. The van der Waals surface area contributed by atoms with E-state index in [1.807, 2.05) is 13.1 Å². The Labute approximate surface area is 156 Å². The molecule has 140 valence electrons. The Bertz CT molecular complexity index is 711. The van der Waals surface area contributed by atoms with Crippen molar-refractivity contribution >= 4 is 11.6 Å². The fourth-order valence-corrected chi connectivity index (χ4v) is 5.72. The number of hydrogen-bond donors (Lipinski definition) is 0. The monoisotopic (exact) mass is 354 g/mol. The first-order chi connectivity index (χ1) is 12.5. The van der Waals surface area contributed by atoms with E-state index in [0.717, 1.165) is 31.1 Å². The van der Waals surface area contributed by atoms with E-state index < -0.39 is 0 Å². The summed E-state index contributed by atoms with van der Waals surface area (Å²) < 4.78 is 0. The molecule has 0 N–H and O–H groups in total. The summed E-state index contributed by atoms with van der Waals surface area (Å²) in [6.45, 7) is 9.60. The van der Waals surface area contributed by atoms with E-state index in [-0.39, 0.29) is 5.91 Å². The molecule has 5 nitrogen and oxygen atoms in total. The van der Waals surface area contributed by atoms with Gasteiger partial charge in [-0.25, -0.2) is 0 Å². The normalized spacial score (nSPS) is 26.2. The molecule has 3 fully saturated rings. The first-order valence-electron chi connectivity index (χ1n) is 10.1. The number of carbonyl (C=O) groups excluding carboxylic acids is 1. The molecular weight excluding hydrogens is 324 g/mol. The van der Waals surface area contributed by atoms with Crippen LogP contribution in [0.15, 0.2) is 18.2 Å². The topological polar surface area (TPSA) is 30.0 Å². The molecule has 4 heterocycles. The molecule has 0 saturated carbocycles. The predicted molar refractivity (Wildman–Crippen MR) is 104 cm³/mol. The molecule has 26 heavy (non-hydrogen) atoms. The number of benzene rings is 1. The number of amides is 1. The first kappa shape index (κ1) is 16.6. The molecule has 5 heteroatoms. The molecule has 0 aromatic heterocycles. The zero-order valence-corrected chi connectivity index (χ0v) is 16.1. The number of fused-ring (bicyclic) bond motifs is 1. The van der Waals surface area contributed by atoms with Gasteiger partial charge < -0.3 is 19.6 Å². The second kappa shape index (κ2) is 5.96. The van der Waals surface area contributed by atoms with Crippen LogP contribution in [0, 0.1) is 11.3 Å². The Morgan fingerprint density at radius 2 is 1.81 bits per heavy atom. The largest absolute Gasteiger partial charge is 0.372 e. The van der Waals surface area contributed by atoms with E-state index in [9.17, 15) is 4.79 Å². The van der Waals surface area contributed by atoms with Gasteiger partial charge in [0.25, 0.3) is 5.91 Å². The molecule has 0 radical (unpaired) electrons. The lowest BCUT2D eigenvalue weighted by Crippen LogP contribution is -2.71. The average Bonchev–Trinajstić information content (AvgIpc) is 2.86. The molecular formula is C21H30N4O. The number of piperidine rings is 1. The Hall–Kier alpha value is -1.59. The van der Waals surface area contributed by atoms with E-state index in [1.54, 1.807) is 4.90 Å². The van der Waals surface area contributed by atoms with E-state index in [4.69, 9.17) is 0 Å². The maximum absolute atomic E-state index is 12.1. The molecule has 0 unspecified atom stereocenters. The van der Waals surface area contributed by atoms with Gasteiger partial charge in [-0.05, 0) is 49.6 Å². The number of anilines is 1. The van der Waals surface area contributed by atoms with Crippen molar-refractivity contribution in [3.05, 3.63) is 29.3 Å². The minimum Gasteiger partial charge on any atom is -0.372 e. The number of likely N-dealkylation sites (tertiary alicyclic amines) is 2. The van der Waals surface area contributed by atoms with E-state index in [1.165, 1.54) is 56.8 Å². The zero-order chi connectivity index (χ0) is 17.9. The summed E-state index contributed by atoms with van der Waals surface area (Å²) in [4.78, 5) is 21.5. The highest BCUT2D eigenvalue weighted by molar-refractivity contribution is 5.98. The van der Waals surface area contributed by atoms with Gasteiger partial charge in [-0.1, -0.05) is 0 Å². The van der Waals surface area contributed by atoms with Gasteiger partial charge in [-0.2, -0.15) is 0 Å². The van der Waals surface area contributed by atoms with Crippen LogP contribution in [0.4, 0.5) is 5.69 Å². The van der Waals surface area contributed by atoms with Gasteiger partial charge in [0.15, 0.2) is 0 Å². The maximum atomic E-state index is 12.1. The van der Waals surface area contributed by atoms with Gasteiger partial charge >= 0.3 is 0 Å². The maximum Gasteiger partial charge on any atom is 0.254 e. The van der Waals surface area contributed by atoms with Crippen LogP contribution >= 0.6 is 0 Å². The zero-order valence-electron chi connectivity index (χ0n) is 16.1. The van der Waals surface area contributed by atoms with Crippen molar-refractivity contribution in [3.63, 3.8) is 0 Å². The van der Waals surface area contributed by atoms with E-state index in [0.29, 0.717) is 5.41 Å². The van der Waals surface area contributed by atoms with E-state index >= 15 is 0 Å². The van der Waals surface area contributed by atoms with Gasteiger partial charge in [0.05, 0.1) is 0 Å². The van der Waals surface area contributed by atoms with Gasteiger partial charge in [0, 0.05) is 76.1 Å². The van der Waals surface area contributed by atoms with Crippen molar-refractivity contribution in [1.82, 2.24) is 14.7 Å².